The van der Waals surface area contributed by atoms with E-state index in [1.165, 1.54) is 199 Å². The van der Waals surface area contributed by atoms with E-state index in [2.05, 4.69) is 32.9 Å². The maximum atomic E-state index is 12.6. The van der Waals surface area contributed by atoms with Gasteiger partial charge in [0, 0.05) is 12.8 Å². The van der Waals surface area contributed by atoms with Crippen LogP contribution in [-0.4, -0.2) is 48.6 Å². The van der Waals surface area contributed by atoms with Crippen LogP contribution >= 0.6 is 0 Å². The molecular weight excluding hydrogens is 709 g/mol. The van der Waals surface area contributed by atoms with Crippen molar-refractivity contribution in [2.24, 2.45) is 11.3 Å². The molecule has 0 radical (unpaired) electrons. The average Bonchev–Trinajstić information content (AvgIpc) is 3.21. The normalized spacial score (nSPS) is 12.4. The lowest BCUT2D eigenvalue weighted by molar-refractivity contribution is -0.159. The fraction of sp³-hybridized carbons (Fsp3) is 0.922. The zero-order valence-corrected chi connectivity index (χ0v) is 38.5. The van der Waals surface area contributed by atoms with Gasteiger partial charge in [-0.2, -0.15) is 0 Å². The third kappa shape index (κ3) is 39.8. The molecule has 6 nitrogen and oxygen atoms in total. The van der Waals surface area contributed by atoms with Crippen LogP contribution in [-0.2, 0) is 19.1 Å². The van der Waals surface area contributed by atoms with Gasteiger partial charge in [0.2, 0.25) is 0 Å². The van der Waals surface area contributed by atoms with Gasteiger partial charge in [0.15, 0.2) is 0 Å². The second-order valence-electron chi connectivity index (χ2n) is 18.0. The van der Waals surface area contributed by atoms with Gasteiger partial charge in [-0.3, -0.25) is 9.59 Å². The molecule has 0 fully saturated rings. The minimum atomic E-state index is -1.17. The standard InChI is InChI=1S/C51H98O6/c1-4-6-8-10-12-14-16-18-20-22-24-26-28-30-32-34-36-38-40-42-49(54)56-46-51(44-52,45-53)47-57-50(55)43-48(3)41-39-37-35-33-31-29-27-25-23-21-19-17-15-13-11-9-7-5-2/h18,20,48,52-53H,4-17,19,21-47H2,1-3H3/b20-18+. The second-order valence-corrected chi connectivity index (χ2v) is 18.0. The zero-order valence-electron chi connectivity index (χ0n) is 38.5. The van der Waals surface area contributed by atoms with Crippen LogP contribution in [0, 0.1) is 11.3 Å². The summed E-state index contributed by atoms with van der Waals surface area (Å²) < 4.78 is 10.9. The van der Waals surface area contributed by atoms with Crippen molar-refractivity contribution >= 4 is 11.9 Å². The van der Waals surface area contributed by atoms with Crippen molar-refractivity contribution in [1.82, 2.24) is 0 Å². The molecule has 0 amide bonds. The molecule has 0 aliphatic heterocycles. The molecule has 1 unspecified atom stereocenters. The Kier molecular flexibility index (Phi) is 43.1. The molecule has 6 heteroatoms. The summed E-state index contributed by atoms with van der Waals surface area (Å²) in [7, 11) is 0. The highest BCUT2D eigenvalue weighted by Crippen LogP contribution is 2.21. The number of esters is 2. The molecule has 0 aromatic rings. The van der Waals surface area contributed by atoms with Gasteiger partial charge < -0.3 is 19.7 Å². The molecule has 338 valence electrons. The van der Waals surface area contributed by atoms with Gasteiger partial charge in [0.05, 0.1) is 18.6 Å². The van der Waals surface area contributed by atoms with Crippen molar-refractivity contribution in [1.29, 1.82) is 0 Å². The Balaban J connectivity index is 3.75. The maximum absolute atomic E-state index is 12.6. The van der Waals surface area contributed by atoms with Gasteiger partial charge in [0.1, 0.15) is 13.2 Å². The first-order valence-electron chi connectivity index (χ1n) is 25.1. The van der Waals surface area contributed by atoms with Crippen molar-refractivity contribution in [2.45, 2.75) is 265 Å². The topological polar surface area (TPSA) is 93.1 Å². The molecule has 0 saturated carbocycles. The first kappa shape index (κ1) is 55.6. The van der Waals surface area contributed by atoms with Gasteiger partial charge in [-0.05, 0) is 38.0 Å². The van der Waals surface area contributed by atoms with Crippen molar-refractivity contribution in [2.75, 3.05) is 26.4 Å². The lowest BCUT2D eigenvalue weighted by Crippen LogP contribution is -2.41. The fourth-order valence-corrected chi connectivity index (χ4v) is 7.70. The van der Waals surface area contributed by atoms with E-state index in [0.717, 1.165) is 32.1 Å². The van der Waals surface area contributed by atoms with Crippen LogP contribution in [0.25, 0.3) is 0 Å². The number of unbranched alkanes of at least 4 members (excludes halogenated alkanes) is 32. The van der Waals surface area contributed by atoms with Crippen molar-refractivity contribution < 1.29 is 29.3 Å². The third-order valence-corrected chi connectivity index (χ3v) is 12.0. The Labute approximate surface area is 354 Å². The van der Waals surface area contributed by atoms with Crippen molar-refractivity contribution in [3.63, 3.8) is 0 Å². The van der Waals surface area contributed by atoms with Crippen LogP contribution in [0.3, 0.4) is 0 Å². The Morgan fingerprint density at radius 2 is 0.772 bits per heavy atom. The number of hydrogen-bond donors (Lipinski definition) is 2. The lowest BCUT2D eigenvalue weighted by atomic mass is 9.92. The summed E-state index contributed by atoms with van der Waals surface area (Å²) >= 11 is 0. The van der Waals surface area contributed by atoms with E-state index in [4.69, 9.17) is 9.47 Å². The van der Waals surface area contributed by atoms with Gasteiger partial charge in [-0.15, -0.1) is 0 Å². The summed E-state index contributed by atoms with van der Waals surface area (Å²) in [5.74, 6) is -0.425. The van der Waals surface area contributed by atoms with E-state index in [9.17, 15) is 19.8 Å². The number of aliphatic hydroxyl groups is 2. The Bertz CT molecular complexity index is 868. The second kappa shape index (κ2) is 44.2. The van der Waals surface area contributed by atoms with Gasteiger partial charge in [0.25, 0.3) is 0 Å². The number of carbonyl (C=O) groups excluding carboxylic acids is 2. The molecule has 0 heterocycles. The van der Waals surface area contributed by atoms with Crippen LogP contribution in [0.5, 0.6) is 0 Å². The van der Waals surface area contributed by atoms with Crippen LogP contribution in [0.2, 0.25) is 0 Å². The minimum absolute atomic E-state index is 0.157. The number of rotatable bonds is 46. The monoisotopic (exact) mass is 807 g/mol. The molecule has 1 atom stereocenters. The molecule has 57 heavy (non-hydrogen) atoms. The number of ether oxygens (including phenoxy) is 2. The molecule has 0 aliphatic carbocycles. The molecule has 0 aliphatic rings. The summed E-state index contributed by atoms with van der Waals surface area (Å²) in [6.07, 6.45) is 52.2. The van der Waals surface area contributed by atoms with E-state index in [1.54, 1.807) is 0 Å². The van der Waals surface area contributed by atoms with E-state index in [1.807, 2.05) is 0 Å². The van der Waals surface area contributed by atoms with Crippen LogP contribution in [0.1, 0.15) is 265 Å². The summed E-state index contributed by atoms with van der Waals surface area (Å²) in [6.45, 7) is 5.48. The molecule has 0 rings (SSSR count). The quantitative estimate of drug-likeness (QED) is 0.0361. The highest BCUT2D eigenvalue weighted by Gasteiger charge is 2.33. The minimum Gasteiger partial charge on any atom is -0.465 e. The molecule has 0 aromatic heterocycles. The number of allylic oxidation sites excluding steroid dienone is 2. The van der Waals surface area contributed by atoms with Crippen LogP contribution in [0.4, 0.5) is 0 Å². The lowest BCUT2D eigenvalue weighted by Gasteiger charge is -2.28. The largest absolute Gasteiger partial charge is 0.465 e. The Hall–Kier alpha value is -1.40. The third-order valence-electron chi connectivity index (χ3n) is 12.0. The average molecular weight is 807 g/mol. The smallest absolute Gasteiger partial charge is 0.306 e. The first-order valence-corrected chi connectivity index (χ1v) is 25.1. The maximum Gasteiger partial charge on any atom is 0.306 e. The van der Waals surface area contributed by atoms with Crippen molar-refractivity contribution in [3.05, 3.63) is 12.2 Å². The van der Waals surface area contributed by atoms with E-state index < -0.39 is 18.6 Å². The molecular formula is C51H98O6. The van der Waals surface area contributed by atoms with E-state index >= 15 is 0 Å². The number of hydrogen-bond acceptors (Lipinski definition) is 6. The molecule has 2 N–H and O–H groups in total. The predicted molar refractivity (Wildman–Crippen MR) is 244 cm³/mol. The molecule has 0 aromatic carbocycles. The highest BCUT2D eigenvalue weighted by molar-refractivity contribution is 5.70. The van der Waals surface area contributed by atoms with Gasteiger partial charge in [-0.25, -0.2) is 0 Å². The highest BCUT2D eigenvalue weighted by atomic mass is 16.5. The number of carbonyl (C=O) groups is 2. The summed E-state index contributed by atoms with van der Waals surface area (Å²) in [5.41, 5.74) is -1.17. The van der Waals surface area contributed by atoms with E-state index in [-0.39, 0.29) is 31.1 Å². The summed E-state index contributed by atoms with van der Waals surface area (Å²) in [6, 6.07) is 0. The number of aliphatic hydroxyl groups excluding tert-OH is 2. The van der Waals surface area contributed by atoms with Gasteiger partial charge >= 0.3 is 11.9 Å². The molecule has 0 spiro atoms. The van der Waals surface area contributed by atoms with Gasteiger partial charge in [-0.1, -0.05) is 232 Å². The summed E-state index contributed by atoms with van der Waals surface area (Å²) in [4.78, 5) is 25.0. The predicted octanol–water partition coefficient (Wildman–Crippen LogP) is 15.1. The molecule has 0 saturated heterocycles. The van der Waals surface area contributed by atoms with Crippen molar-refractivity contribution in [3.8, 4) is 0 Å². The Morgan fingerprint density at radius 3 is 1.14 bits per heavy atom. The first-order chi connectivity index (χ1) is 27.9. The van der Waals surface area contributed by atoms with Crippen LogP contribution < -0.4 is 0 Å². The molecule has 0 bridgehead atoms. The van der Waals surface area contributed by atoms with E-state index in [0.29, 0.717) is 12.8 Å². The van der Waals surface area contributed by atoms with Crippen LogP contribution in [0.15, 0.2) is 12.2 Å². The Morgan fingerprint density at radius 1 is 0.456 bits per heavy atom. The summed E-state index contributed by atoms with van der Waals surface area (Å²) in [5, 5.41) is 20.0. The zero-order chi connectivity index (χ0) is 41.8. The fourth-order valence-electron chi connectivity index (χ4n) is 7.70. The SMILES string of the molecule is CCCCCCCC/C=C/CCCCCCCCCCCC(=O)OCC(CO)(CO)COC(=O)CC(C)CCCCCCCCCCCCCCCCCCCC.